The highest BCUT2D eigenvalue weighted by molar-refractivity contribution is 5.95. The van der Waals surface area contributed by atoms with Crippen molar-refractivity contribution in [1.29, 1.82) is 0 Å². The van der Waals surface area contributed by atoms with Crippen molar-refractivity contribution in [3.8, 4) is 0 Å². The van der Waals surface area contributed by atoms with Crippen molar-refractivity contribution >= 4 is 17.8 Å². The molecule has 0 bridgehead atoms. The second-order valence-electron chi connectivity index (χ2n) is 7.01. The first-order chi connectivity index (χ1) is 12.5. The van der Waals surface area contributed by atoms with Crippen LogP contribution in [-0.2, 0) is 14.3 Å². The summed E-state index contributed by atoms with van der Waals surface area (Å²) in [7, 11) is 0. The van der Waals surface area contributed by atoms with E-state index in [0.29, 0.717) is 5.56 Å². The van der Waals surface area contributed by atoms with Crippen molar-refractivity contribution in [3.05, 3.63) is 35.4 Å². The zero-order valence-electron chi connectivity index (χ0n) is 15.5. The number of benzene rings is 1. The third-order valence-corrected chi connectivity index (χ3v) is 4.75. The van der Waals surface area contributed by atoms with Crippen molar-refractivity contribution < 1.29 is 19.1 Å². The van der Waals surface area contributed by atoms with E-state index in [9.17, 15) is 14.4 Å². The quantitative estimate of drug-likeness (QED) is 0.731. The normalized spacial score (nSPS) is 19.5. The molecular weight excluding hydrogens is 332 g/mol. The van der Waals surface area contributed by atoms with Crippen molar-refractivity contribution in [2.24, 2.45) is 5.92 Å². The monoisotopic (exact) mass is 360 g/mol. The molecule has 0 aromatic heterocycles. The first-order valence-electron chi connectivity index (χ1n) is 9.24. The van der Waals surface area contributed by atoms with Gasteiger partial charge in [-0.2, -0.15) is 0 Å². The topological polar surface area (TPSA) is 84.5 Å². The molecule has 2 rings (SSSR count). The van der Waals surface area contributed by atoms with Crippen LogP contribution < -0.4 is 10.6 Å². The van der Waals surface area contributed by atoms with E-state index in [-0.39, 0.29) is 37.4 Å². The zero-order valence-corrected chi connectivity index (χ0v) is 15.5. The first kappa shape index (κ1) is 19.9. The summed E-state index contributed by atoms with van der Waals surface area (Å²) in [5, 5.41) is 5.60. The number of amides is 2. The predicted octanol–water partition coefficient (Wildman–Crippen LogP) is 2.35. The van der Waals surface area contributed by atoms with Gasteiger partial charge in [0.05, 0.1) is 6.42 Å². The lowest BCUT2D eigenvalue weighted by atomic mass is 9.87. The molecule has 6 heteroatoms. The van der Waals surface area contributed by atoms with Gasteiger partial charge in [-0.25, -0.2) is 0 Å². The molecule has 0 aliphatic heterocycles. The second-order valence-corrected chi connectivity index (χ2v) is 7.01. The van der Waals surface area contributed by atoms with Gasteiger partial charge in [0, 0.05) is 18.2 Å². The van der Waals surface area contributed by atoms with Crippen LogP contribution in [-0.4, -0.2) is 37.0 Å². The average molecular weight is 360 g/mol. The summed E-state index contributed by atoms with van der Waals surface area (Å²) in [6.45, 7) is 3.98. The fraction of sp³-hybridized carbons (Fsp3) is 0.550. The standard InChI is InChI=1S/C20H28N2O4/c1-14-7-9-16(10-8-14)22-18(23)13-26-19(24)11-12-21-20(25)17-6-4-3-5-15(17)2/h3-6,14,16H,7-13H2,1-2H3,(H,21,25)(H,22,23). The van der Waals surface area contributed by atoms with Gasteiger partial charge in [-0.15, -0.1) is 0 Å². The van der Waals surface area contributed by atoms with Gasteiger partial charge in [-0.1, -0.05) is 25.1 Å². The van der Waals surface area contributed by atoms with Gasteiger partial charge in [0.1, 0.15) is 0 Å². The summed E-state index contributed by atoms with van der Waals surface area (Å²) in [6, 6.07) is 7.43. The summed E-state index contributed by atoms with van der Waals surface area (Å²) in [5.74, 6) is -0.264. The molecule has 0 unspecified atom stereocenters. The third kappa shape index (κ3) is 6.50. The molecule has 1 saturated carbocycles. The summed E-state index contributed by atoms with van der Waals surface area (Å²) in [4.78, 5) is 35.6. The van der Waals surface area contributed by atoms with E-state index in [1.807, 2.05) is 19.1 Å². The molecule has 26 heavy (non-hydrogen) atoms. The van der Waals surface area contributed by atoms with Crippen molar-refractivity contribution in [2.75, 3.05) is 13.2 Å². The molecule has 0 atom stereocenters. The molecule has 1 fully saturated rings. The number of nitrogens with one attached hydrogen (secondary N) is 2. The Kier molecular flexibility index (Phi) is 7.63. The Bertz CT molecular complexity index is 636. The van der Waals surface area contributed by atoms with Crippen LogP contribution in [0.15, 0.2) is 24.3 Å². The summed E-state index contributed by atoms with van der Waals surface area (Å²) < 4.78 is 4.98. The minimum Gasteiger partial charge on any atom is -0.456 e. The second kappa shape index (κ2) is 9.94. The van der Waals surface area contributed by atoms with Gasteiger partial charge < -0.3 is 15.4 Å². The molecule has 1 aliphatic carbocycles. The summed E-state index contributed by atoms with van der Waals surface area (Å²) in [5.41, 5.74) is 1.46. The Morgan fingerprint density at radius 3 is 2.50 bits per heavy atom. The first-order valence-corrected chi connectivity index (χ1v) is 9.24. The highest BCUT2D eigenvalue weighted by atomic mass is 16.5. The number of ether oxygens (including phenoxy) is 1. The Labute approximate surface area is 154 Å². The molecule has 0 spiro atoms. The largest absolute Gasteiger partial charge is 0.456 e. The van der Waals surface area contributed by atoms with Gasteiger partial charge in [0.15, 0.2) is 6.61 Å². The molecule has 1 aromatic rings. The number of carbonyl (C=O) groups is 3. The van der Waals surface area contributed by atoms with Gasteiger partial charge in [-0.05, 0) is 50.2 Å². The van der Waals surface area contributed by atoms with E-state index >= 15 is 0 Å². The number of esters is 1. The van der Waals surface area contributed by atoms with Gasteiger partial charge in [-0.3, -0.25) is 14.4 Å². The highest BCUT2D eigenvalue weighted by Crippen LogP contribution is 2.23. The van der Waals surface area contributed by atoms with Gasteiger partial charge >= 0.3 is 5.97 Å². The molecule has 1 aliphatic rings. The van der Waals surface area contributed by atoms with Crippen LogP contribution in [0.5, 0.6) is 0 Å². The van der Waals surface area contributed by atoms with E-state index in [1.54, 1.807) is 12.1 Å². The van der Waals surface area contributed by atoms with Crippen LogP contribution in [0.3, 0.4) is 0 Å². The molecule has 1 aromatic carbocycles. The van der Waals surface area contributed by atoms with Crippen molar-refractivity contribution in [2.45, 2.75) is 52.0 Å². The number of hydrogen-bond acceptors (Lipinski definition) is 4. The lowest BCUT2D eigenvalue weighted by Crippen LogP contribution is -2.39. The summed E-state index contributed by atoms with van der Waals surface area (Å²) in [6.07, 6.45) is 4.22. The molecule has 142 valence electrons. The van der Waals surface area contributed by atoms with Crippen LogP contribution in [0.4, 0.5) is 0 Å². The van der Waals surface area contributed by atoms with Gasteiger partial charge in [0.25, 0.3) is 11.8 Å². The fourth-order valence-electron chi connectivity index (χ4n) is 3.09. The molecule has 6 nitrogen and oxygen atoms in total. The Morgan fingerprint density at radius 2 is 1.81 bits per heavy atom. The molecule has 0 radical (unpaired) electrons. The number of carbonyl (C=O) groups excluding carboxylic acids is 3. The minimum atomic E-state index is -0.498. The van der Waals surface area contributed by atoms with Crippen LogP contribution >= 0.6 is 0 Å². The molecule has 0 saturated heterocycles. The lowest BCUT2D eigenvalue weighted by molar-refractivity contribution is -0.148. The smallest absolute Gasteiger partial charge is 0.308 e. The van der Waals surface area contributed by atoms with E-state index in [2.05, 4.69) is 17.6 Å². The van der Waals surface area contributed by atoms with E-state index in [1.165, 1.54) is 0 Å². The van der Waals surface area contributed by atoms with E-state index < -0.39 is 5.97 Å². The van der Waals surface area contributed by atoms with E-state index in [0.717, 1.165) is 37.2 Å². The maximum Gasteiger partial charge on any atom is 0.308 e. The van der Waals surface area contributed by atoms with Crippen LogP contribution in [0.1, 0.15) is 54.9 Å². The van der Waals surface area contributed by atoms with Crippen LogP contribution in [0.25, 0.3) is 0 Å². The van der Waals surface area contributed by atoms with Crippen molar-refractivity contribution in [3.63, 3.8) is 0 Å². The van der Waals surface area contributed by atoms with Crippen LogP contribution in [0, 0.1) is 12.8 Å². The van der Waals surface area contributed by atoms with Crippen LogP contribution in [0.2, 0.25) is 0 Å². The minimum absolute atomic E-state index is 0.0336. The number of aryl methyl sites for hydroxylation is 1. The Hall–Kier alpha value is -2.37. The maximum atomic E-state index is 12.0. The van der Waals surface area contributed by atoms with Gasteiger partial charge in [0.2, 0.25) is 0 Å². The summed E-state index contributed by atoms with van der Waals surface area (Å²) >= 11 is 0. The molecular formula is C20H28N2O4. The van der Waals surface area contributed by atoms with E-state index in [4.69, 9.17) is 4.74 Å². The third-order valence-electron chi connectivity index (χ3n) is 4.75. The van der Waals surface area contributed by atoms with Crippen molar-refractivity contribution in [1.82, 2.24) is 10.6 Å². The maximum absolute atomic E-state index is 12.0. The SMILES string of the molecule is Cc1ccccc1C(=O)NCCC(=O)OCC(=O)NC1CCC(C)CC1. The Balaban J connectivity index is 1.61. The molecule has 0 heterocycles. The Morgan fingerprint density at radius 1 is 1.12 bits per heavy atom. The fourth-order valence-corrected chi connectivity index (χ4v) is 3.09. The number of rotatable bonds is 7. The highest BCUT2D eigenvalue weighted by Gasteiger charge is 2.20. The zero-order chi connectivity index (χ0) is 18.9. The molecule has 2 amide bonds. The lowest BCUT2D eigenvalue weighted by Gasteiger charge is -2.26. The number of hydrogen-bond donors (Lipinski definition) is 2. The molecule has 2 N–H and O–H groups in total. The average Bonchev–Trinajstić information content (AvgIpc) is 2.62. The predicted molar refractivity (Wildman–Crippen MR) is 98.7 cm³/mol.